The first-order valence-corrected chi connectivity index (χ1v) is 13.5. The van der Waals surface area contributed by atoms with Gasteiger partial charge in [0.1, 0.15) is 24.3 Å². The minimum atomic E-state index is -0.458. The van der Waals surface area contributed by atoms with Gasteiger partial charge in [0.25, 0.3) is 0 Å². The largest absolute Gasteiger partial charge is 0.504 e. The molecule has 0 aliphatic carbocycles. The molecule has 7 rings (SSSR count). The maximum Gasteiger partial charge on any atom is 0.327 e. The van der Waals surface area contributed by atoms with E-state index >= 15 is 0 Å². The molecule has 210 valence electrons. The van der Waals surface area contributed by atoms with Crippen LogP contribution >= 0.6 is 0 Å². The molecule has 0 atom stereocenters. The summed E-state index contributed by atoms with van der Waals surface area (Å²) in [6.45, 7) is 1.82. The van der Waals surface area contributed by atoms with Crippen molar-refractivity contribution in [2.75, 3.05) is 31.1 Å². The van der Waals surface area contributed by atoms with Gasteiger partial charge in [0, 0.05) is 55.7 Å². The van der Waals surface area contributed by atoms with Crippen LogP contribution in [-0.2, 0) is 11.3 Å². The normalized spacial score (nSPS) is 16.5. The van der Waals surface area contributed by atoms with Crippen LogP contribution in [0.2, 0.25) is 0 Å². The Balaban J connectivity index is 1.17. The third kappa shape index (κ3) is 4.16. The van der Waals surface area contributed by atoms with Crippen LogP contribution in [0, 0.1) is 0 Å². The van der Waals surface area contributed by atoms with Crippen LogP contribution in [0.3, 0.4) is 0 Å². The molecule has 2 aliphatic rings. The van der Waals surface area contributed by atoms with Gasteiger partial charge in [-0.3, -0.25) is 14.3 Å². The summed E-state index contributed by atoms with van der Waals surface area (Å²) in [7, 11) is 0. The molecule has 2 saturated heterocycles. The number of H-pyrrole nitrogens is 1. The van der Waals surface area contributed by atoms with E-state index in [0.717, 1.165) is 5.52 Å². The summed E-state index contributed by atoms with van der Waals surface area (Å²) in [5, 5.41) is 31.4. The van der Waals surface area contributed by atoms with E-state index in [0.29, 0.717) is 72.6 Å². The Labute approximate surface area is 232 Å². The Morgan fingerprint density at radius 1 is 1.02 bits per heavy atom. The standard InChI is InChI=1S/C28H28N8O5/c37-17-11-34(12-17)26-23-19(18-3-1-5-21(38)24(18)40)13-35(27(23)31-15-30-26)14-22(39)33-9-6-16(7-10-33)36-20-4-2-8-29-25(20)32-28(36)41/h1-5,8,13,15-17,37-38,40H,6-7,9-12,14H2,(H,29,32,41). The lowest BCUT2D eigenvalue weighted by Gasteiger charge is -2.37. The number of β-amino-alcohol motifs (C(OH)–C–C–N with tert-alkyl or cyclic N) is 1. The van der Waals surface area contributed by atoms with Crippen molar-refractivity contribution in [3.8, 4) is 22.6 Å². The summed E-state index contributed by atoms with van der Waals surface area (Å²) < 4.78 is 3.47. The van der Waals surface area contributed by atoms with Gasteiger partial charge >= 0.3 is 5.69 Å². The number of fused-ring (bicyclic) bond motifs is 2. The molecule has 1 amide bonds. The number of aromatic nitrogens is 6. The zero-order valence-corrected chi connectivity index (χ0v) is 22.0. The average Bonchev–Trinajstić information content (AvgIpc) is 3.49. The number of phenols is 2. The molecular weight excluding hydrogens is 528 g/mol. The van der Waals surface area contributed by atoms with Crippen molar-refractivity contribution in [1.82, 2.24) is 34.0 Å². The number of piperidine rings is 1. The summed E-state index contributed by atoms with van der Waals surface area (Å²) >= 11 is 0. The smallest absolute Gasteiger partial charge is 0.327 e. The SMILES string of the molecule is O=C(Cn1cc(-c2cccc(O)c2O)c2c(N3CC(O)C3)ncnc21)N1CCC(n2c(=O)[nH]c3ncccc32)CC1. The zero-order valence-electron chi connectivity index (χ0n) is 22.0. The fourth-order valence-electron chi connectivity index (χ4n) is 5.99. The van der Waals surface area contributed by atoms with Crippen molar-refractivity contribution in [2.45, 2.75) is 31.5 Å². The van der Waals surface area contributed by atoms with E-state index in [1.807, 2.05) is 11.0 Å². The Hall–Kier alpha value is -4.91. The number of carbonyl (C=O) groups is 1. The number of benzene rings is 1. The molecule has 5 aromatic rings. The first-order chi connectivity index (χ1) is 19.9. The number of phenolic OH excluding ortho intramolecular Hbond substituents is 2. The molecule has 1 aromatic carbocycles. The molecule has 2 fully saturated rings. The summed E-state index contributed by atoms with van der Waals surface area (Å²) in [4.78, 5) is 45.8. The molecule has 0 bridgehead atoms. The number of aromatic hydroxyl groups is 2. The summed E-state index contributed by atoms with van der Waals surface area (Å²) in [6, 6.07) is 8.35. The van der Waals surface area contributed by atoms with Gasteiger partial charge in [0.15, 0.2) is 17.1 Å². The van der Waals surface area contributed by atoms with Crippen molar-refractivity contribution in [2.24, 2.45) is 0 Å². The number of likely N-dealkylation sites (tertiary alicyclic amines) is 1. The maximum absolute atomic E-state index is 13.5. The molecule has 4 aromatic heterocycles. The van der Waals surface area contributed by atoms with Crippen LogP contribution in [0.15, 0.2) is 53.8 Å². The van der Waals surface area contributed by atoms with Gasteiger partial charge in [-0.2, -0.15) is 0 Å². The van der Waals surface area contributed by atoms with Crippen molar-refractivity contribution >= 4 is 33.9 Å². The predicted molar refractivity (Wildman–Crippen MR) is 150 cm³/mol. The Morgan fingerprint density at radius 2 is 1.83 bits per heavy atom. The lowest BCUT2D eigenvalue weighted by atomic mass is 10.0. The minimum Gasteiger partial charge on any atom is -0.504 e. The molecule has 0 radical (unpaired) electrons. The number of imidazole rings is 1. The highest BCUT2D eigenvalue weighted by Gasteiger charge is 2.31. The van der Waals surface area contributed by atoms with Crippen molar-refractivity contribution in [3.05, 3.63) is 59.5 Å². The quantitative estimate of drug-likeness (QED) is 0.235. The number of para-hydroxylation sites is 1. The fourth-order valence-corrected chi connectivity index (χ4v) is 5.99. The zero-order chi connectivity index (χ0) is 28.2. The highest BCUT2D eigenvalue weighted by atomic mass is 16.3. The van der Waals surface area contributed by atoms with E-state index < -0.39 is 6.10 Å². The Kier molecular flexibility index (Phi) is 5.89. The van der Waals surface area contributed by atoms with Crippen LogP contribution in [-0.4, -0.2) is 87.5 Å². The van der Waals surface area contributed by atoms with E-state index in [1.54, 1.807) is 44.6 Å². The molecular formula is C28H28N8O5. The van der Waals surface area contributed by atoms with Gasteiger partial charge in [-0.1, -0.05) is 12.1 Å². The van der Waals surface area contributed by atoms with Gasteiger partial charge < -0.3 is 29.7 Å². The molecule has 13 nitrogen and oxygen atoms in total. The summed E-state index contributed by atoms with van der Waals surface area (Å²) in [5.41, 5.74) is 2.58. The number of hydrogen-bond acceptors (Lipinski definition) is 9. The lowest BCUT2D eigenvalue weighted by molar-refractivity contribution is -0.133. The van der Waals surface area contributed by atoms with Gasteiger partial charge in [-0.05, 0) is 31.0 Å². The summed E-state index contributed by atoms with van der Waals surface area (Å²) in [6.07, 6.45) is 5.62. The van der Waals surface area contributed by atoms with Crippen LogP contribution in [0.4, 0.5) is 5.82 Å². The molecule has 4 N–H and O–H groups in total. The van der Waals surface area contributed by atoms with Gasteiger partial charge in [-0.15, -0.1) is 0 Å². The number of hydrogen-bond donors (Lipinski definition) is 4. The first-order valence-electron chi connectivity index (χ1n) is 13.5. The second kappa shape index (κ2) is 9.63. The molecule has 6 heterocycles. The van der Waals surface area contributed by atoms with Gasteiger partial charge in [0.05, 0.1) is 17.0 Å². The third-order valence-corrected chi connectivity index (χ3v) is 8.08. The van der Waals surface area contributed by atoms with E-state index in [-0.39, 0.29) is 35.7 Å². The molecule has 13 heteroatoms. The van der Waals surface area contributed by atoms with Crippen LogP contribution < -0.4 is 10.6 Å². The molecule has 0 unspecified atom stereocenters. The van der Waals surface area contributed by atoms with E-state index in [4.69, 9.17) is 0 Å². The number of pyridine rings is 1. The molecule has 2 aliphatic heterocycles. The number of anilines is 1. The second-order valence-corrected chi connectivity index (χ2v) is 10.6. The highest BCUT2D eigenvalue weighted by Crippen LogP contribution is 2.43. The van der Waals surface area contributed by atoms with Gasteiger partial charge in [0.2, 0.25) is 5.91 Å². The monoisotopic (exact) mass is 556 g/mol. The number of carbonyl (C=O) groups excluding carboxylic acids is 1. The minimum absolute atomic E-state index is 0.0107. The van der Waals surface area contributed by atoms with Crippen LogP contribution in [0.25, 0.3) is 33.3 Å². The van der Waals surface area contributed by atoms with Crippen LogP contribution in [0.5, 0.6) is 11.5 Å². The van der Waals surface area contributed by atoms with E-state index in [1.165, 1.54) is 12.4 Å². The number of nitrogens with zero attached hydrogens (tertiary/aromatic N) is 7. The van der Waals surface area contributed by atoms with Crippen molar-refractivity contribution < 1.29 is 20.1 Å². The van der Waals surface area contributed by atoms with E-state index in [2.05, 4.69) is 19.9 Å². The number of aliphatic hydroxyl groups is 1. The molecule has 0 spiro atoms. The molecule has 0 saturated carbocycles. The Bertz CT molecular complexity index is 1850. The molecule has 41 heavy (non-hydrogen) atoms. The highest BCUT2D eigenvalue weighted by molar-refractivity contribution is 6.03. The second-order valence-electron chi connectivity index (χ2n) is 10.6. The first kappa shape index (κ1) is 25.1. The number of amides is 1. The fraction of sp³-hybridized carbons (Fsp3) is 0.321. The number of aliphatic hydroxyl groups excluding tert-OH is 1. The number of rotatable bonds is 5. The number of nitrogens with one attached hydrogen (secondary N) is 1. The van der Waals surface area contributed by atoms with Gasteiger partial charge in [-0.25, -0.2) is 19.7 Å². The van der Waals surface area contributed by atoms with Crippen molar-refractivity contribution in [3.63, 3.8) is 0 Å². The van der Waals surface area contributed by atoms with Crippen molar-refractivity contribution in [1.29, 1.82) is 0 Å². The lowest BCUT2D eigenvalue weighted by Crippen LogP contribution is -2.51. The Morgan fingerprint density at radius 3 is 2.61 bits per heavy atom. The average molecular weight is 557 g/mol. The summed E-state index contributed by atoms with van der Waals surface area (Å²) in [5.74, 6) is -0.0467. The van der Waals surface area contributed by atoms with Crippen LogP contribution in [0.1, 0.15) is 18.9 Å². The number of aromatic amines is 1. The third-order valence-electron chi connectivity index (χ3n) is 8.08. The maximum atomic E-state index is 13.5. The predicted octanol–water partition coefficient (Wildman–Crippen LogP) is 1.59. The van der Waals surface area contributed by atoms with E-state index in [9.17, 15) is 24.9 Å². The topological polar surface area (TPSA) is 166 Å².